The van der Waals surface area contributed by atoms with Gasteiger partial charge < -0.3 is 14.8 Å². The topological polar surface area (TPSA) is 30.5 Å². The summed E-state index contributed by atoms with van der Waals surface area (Å²) in [6, 6.07) is 0.116. The van der Waals surface area contributed by atoms with E-state index in [-0.39, 0.29) is 12.1 Å². The molecule has 17 heavy (non-hydrogen) atoms. The summed E-state index contributed by atoms with van der Waals surface area (Å²) in [6.45, 7) is 4.07. The highest BCUT2D eigenvalue weighted by atomic mass is 19.4. The monoisotopic (exact) mass is 255 g/mol. The molecule has 0 saturated heterocycles. The minimum absolute atomic E-state index is 0.116. The molecule has 0 radical (unpaired) electrons. The average Bonchev–Trinajstić information content (AvgIpc) is 2.21. The predicted molar refractivity (Wildman–Crippen MR) is 57.9 cm³/mol. The molecule has 1 saturated carbocycles. The zero-order valence-electron chi connectivity index (χ0n) is 10.2. The van der Waals surface area contributed by atoms with E-state index in [1.807, 2.05) is 13.8 Å². The van der Waals surface area contributed by atoms with Gasteiger partial charge in [-0.25, -0.2) is 0 Å². The first-order valence-electron chi connectivity index (χ1n) is 6.01. The van der Waals surface area contributed by atoms with Crippen molar-refractivity contribution in [2.45, 2.75) is 51.1 Å². The van der Waals surface area contributed by atoms with E-state index < -0.39 is 18.9 Å². The number of likely N-dealkylation sites (N-methyl/N-ethyl adjacent to an activating group) is 1. The van der Waals surface area contributed by atoms with Gasteiger partial charge in [0.1, 0.15) is 6.61 Å². The number of hydrogen-bond donors (Lipinski definition) is 1. The van der Waals surface area contributed by atoms with Gasteiger partial charge in [0, 0.05) is 12.6 Å². The van der Waals surface area contributed by atoms with Crippen LogP contribution in [0.3, 0.4) is 0 Å². The Morgan fingerprint density at radius 2 is 1.94 bits per heavy atom. The van der Waals surface area contributed by atoms with Gasteiger partial charge in [-0.1, -0.05) is 13.8 Å². The molecular weight excluding hydrogens is 235 g/mol. The summed E-state index contributed by atoms with van der Waals surface area (Å²) in [5.74, 6) is 0. The van der Waals surface area contributed by atoms with E-state index in [1.165, 1.54) is 0 Å². The van der Waals surface area contributed by atoms with E-state index >= 15 is 0 Å². The molecule has 0 bridgehead atoms. The van der Waals surface area contributed by atoms with Crippen molar-refractivity contribution in [1.29, 1.82) is 0 Å². The predicted octanol–water partition coefficient (Wildman–Crippen LogP) is 2.11. The molecule has 1 aliphatic carbocycles. The lowest BCUT2D eigenvalue weighted by Crippen LogP contribution is -2.60. The zero-order chi connectivity index (χ0) is 12.9. The molecule has 0 heterocycles. The molecule has 1 rings (SSSR count). The highest BCUT2D eigenvalue weighted by Gasteiger charge is 2.44. The van der Waals surface area contributed by atoms with Crippen LogP contribution in [0.2, 0.25) is 0 Å². The molecule has 3 atom stereocenters. The Hall–Kier alpha value is -0.330. The third-order valence-corrected chi connectivity index (χ3v) is 2.69. The maximum atomic E-state index is 12.0. The van der Waals surface area contributed by atoms with Crippen molar-refractivity contribution in [2.75, 3.05) is 19.8 Å². The van der Waals surface area contributed by atoms with Crippen molar-refractivity contribution in [1.82, 2.24) is 5.32 Å². The Morgan fingerprint density at radius 3 is 2.47 bits per heavy atom. The molecule has 0 spiro atoms. The first kappa shape index (κ1) is 14.7. The molecule has 0 amide bonds. The third-order valence-electron chi connectivity index (χ3n) is 2.69. The molecule has 0 aliphatic heterocycles. The second-order valence-electron chi connectivity index (χ2n) is 4.20. The highest BCUT2D eigenvalue weighted by molar-refractivity contribution is 4.97. The summed E-state index contributed by atoms with van der Waals surface area (Å²) in [5, 5.41) is 3.18. The molecule has 0 aromatic carbocycles. The van der Waals surface area contributed by atoms with E-state index in [2.05, 4.69) is 5.32 Å². The quantitative estimate of drug-likeness (QED) is 0.755. The third kappa shape index (κ3) is 4.81. The van der Waals surface area contributed by atoms with Crippen molar-refractivity contribution in [2.24, 2.45) is 0 Å². The zero-order valence-corrected chi connectivity index (χ0v) is 10.2. The number of alkyl halides is 3. The fourth-order valence-electron chi connectivity index (χ4n) is 1.89. The van der Waals surface area contributed by atoms with E-state index in [0.717, 1.165) is 13.0 Å². The van der Waals surface area contributed by atoms with Crippen LogP contribution in [-0.4, -0.2) is 44.2 Å². The summed E-state index contributed by atoms with van der Waals surface area (Å²) in [4.78, 5) is 0. The standard InChI is InChI=1S/C11H20F3NO2/c1-3-5-16-10-8(15-4-2)6-9(10)17-7-11(12,13)14/h8-10,15H,3-7H2,1-2H3. The largest absolute Gasteiger partial charge is 0.411 e. The number of ether oxygens (including phenoxy) is 2. The maximum Gasteiger partial charge on any atom is 0.411 e. The second-order valence-corrected chi connectivity index (χ2v) is 4.20. The van der Waals surface area contributed by atoms with Crippen LogP contribution < -0.4 is 5.32 Å². The number of halogens is 3. The van der Waals surface area contributed by atoms with Crippen LogP contribution in [0.5, 0.6) is 0 Å². The number of nitrogens with one attached hydrogen (secondary N) is 1. The van der Waals surface area contributed by atoms with E-state index in [1.54, 1.807) is 0 Å². The van der Waals surface area contributed by atoms with Gasteiger partial charge in [-0.2, -0.15) is 13.2 Å². The Balaban J connectivity index is 2.34. The molecule has 1 N–H and O–H groups in total. The summed E-state index contributed by atoms with van der Waals surface area (Å²) in [5.41, 5.74) is 0. The smallest absolute Gasteiger partial charge is 0.374 e. The average molecular weight is 255 g/mol. The van der Waals surface area contributed by atoms with Crippen LogP contribution in [0.15, 0.2) is 0 Å². The Bertz CT molecular complexity index is 223. The fraction of sp³-hybridized carbons (Fsp3) is 1.00. The molecule has 1 aliphatic rings. The summed E-state index contributed by atoms with van der Waals surface area (Å²) >= 11 is 0. The van der Waals surface area contributed by atoms with Crippen molar-refractivity contribution in [3.8, 4) is 0 Å². The SMILES string of the molecule is CCCOC1C(NCC)CC1OCC(F)(F)F. The van der Waals surface area contributed by atoms with Gasteiger partial charge >= 0.3 is 6.18 Å². The number of hydrogen-bond acceptors (Lipinski definition) is 3. The lowest BCUT2D eigenvalue weighted by Gasteiger charge is -2.44. The Kier molecular flexibility index (Phi) is 5.69. The highest BCUT2D eigenvalue weighted by Crippen LogP contribution is 2.29. The van der Waals surface area contributed by atoms with Gasteiger partial charge in [0.25, 0.3) is 0 Å². The fourth-order valence-corrected chi connectivity index (χ4v) is 1.89. The summed E-state index contributed by atoms with van der Waals surface area (Å²) in [7, 11) is 0. The molecule has 1 fully saturated rings. The number of rotatable bonds is 7. The minimum Gasteiger partial charge on any atom is -0.374 e. The Morgan fingerprint density at radius 1 is 1.24 bits per heavy atom. The molecule has 6 heteroatoms. The van der Waals surface area contributed by atoms with Crippen molar-refractivity contribution in [3.05, 3.63) is 0 Å². The van der Waals surface area contributed by atoms with Crippen LogP contribution in [0.4, 0.5) is 13.2 Å². The van der Waals surface area contributed by atoms with Crippen molar-refractivity contribution >= 4 is 0 Å². The maximum absolute atomic E-state index is 12.0. The lowest BCUT2D eigenvalue weighted by atomic mass is 9.85. The Labute approximate surface area is 99.7 Å². The van der Waals surface area contributed by atoms with Gasteiger partial charge in [0.05, 0.1) is 12.2 Å². The molecule has 3 nitrogen and oxygen atoms in total. The van der Waals surface area contributed by atoms with Crippen molar-refractivity contribution in [3.63, 3.8) is 0 Å². The molecule has 102 valence electrons. The van der Waals surface area contributed by atoms with Gasteiger partial charge in [0.15, 0.2) is 0 Å². The van der Waals surface area contributed by atoms with Crippen molar-refractivity contribution < 1.29 is 22.6 Å². The lowest BCUT2D eigenvalue weighted by molar-refractivity contribution is -0.221. The minimum atomic E-state index is -4.27. The van der Waals surface area contributed by atoms with Gasteiger partial charge in [-0.05, 0) is 19.4 Å². The van der Waals surface area contributed by atoms with Crippen LogP contribution in [0.1, 0.15) is 26.7 Å². The van der Waals surface area contributed by atoms with E-state index in [9.17, 15) is 13.2 Å². The summed E-state index contributed by atoms with van der Waals surface area (Å²) in [6.07, 6.45) is -3.53. The van der Waals surface area contributed by atoms with Crippen LogP contribution in [0.25, 0.3) is 0 Å². The molecule has 0 aromatic rings. The van der Waals surface area contributed by atoms with Gasteiger partial charge in [-0.3, -0.25) is 0 Å². The van der Waals surface area contributed by atoms with Crippen LogP contribution >= 0.6 is 0 Å². The van der Waals surface area contributed by atoms with Gasteiger partial charge in [-0.15, -0.1) is 0 Å². The molecular formula is C11H20F3NO2. The van der Waals surface area contributed by atoms with Crippen LogP contribution in [-0.2, 0) is 9.47 Å². The molecule has 0 aromatic heterocycles. The second kappa shape index (κ2) is 6.56. The van der Waals surface area contributed by atoms with E-state index in [0.29, 0.717) is 13.0 Å². The molecule has 3 unspecified atom stereocenters. The normalized spacial score (nSPS) is 29.1. The van der Waals surface area contributed by atoms with E-state index in [4.69, 9.17) is 9.47 Å². The van der Waals surface area contributed by atoms with Gasteiger partial charge in [0.2, 0.25) is 0 Å². The first-order valence-corrected chi connectivity index (χ1v) is 6.01. The summed E-state index contributed by atoms with van der Waals surface area (Å²) < 4.78 is 46.4. The van der Waals surface area contributed by atoms with Crippen LogP contribution in [0, 0.1) is 0 Å². The first-order chi connectivity index (χ1) is 7.98.